The summed E-state index contributed by atoms with van der Waals surface area (Å²) in [7, 11) is 0. The first kappa shape index (κ1) is 8.53. The minimum absolute atomic E-state index is 0.0542. The van der Waals surface area contributed by atoms with Gasteiger partial charge in [0, 0.05) is 6.42 Å². The molecule has 1 saturated heterocycles. The number of hydrogen-bond acceptors (Lipinski definition) is 3. The average Bonchev–Trinajstić information content (AvgIpc) is 2.29. The van der Waals surface area contributed by atoms with Gasteiger partial charge in [-0.1, -0.05) is 6.92 Å². The molecule has 1 aliphatic heterocycles. The molecule has 11 heavy (non-hydrogen) atoms. The molecule has 64 valence electrons. The summed E-state index contributed by atoms with van der Waals surface area (Å²) < 4.78 is 4.93. The van der Waals surface area contributed by atoms with Crippen molar-refractivity contribution in [2.24, 2.45) is 5.41 Å². The Morgan fingerprint density at radius 1 is 1.82 bits per heavy atom. The van der Waals surface area contributed by atoms with Crippen molar-refractivity contribution in [2.75, 3.05) is 6.61 Å². The van der Waals surface area contributed by atoms with E-state index in [4.69, 9.17) is 9.84 Å². The highest BCUT2D eigenvalue weighted by molar-refractivity contribution is 5.78. The molecule has 0 aromatic heterocycles. The number of hydrogen-bond donors (Lipinski definition) is 1. The van der Waals surface area contributed by atoms with Crippen molar-refractivity contribution >= 4 is 5.97 Å². The van der Waals surface area contributed by atoms with Gasteiger partial charge < -0.3 is 9.84 Å². The van der Waals surface area contributed by atoms with Crippen LogP contribution in [-0.2, 0) is 9.53 Å². The number of carbonyl (C=O) groups excluding carboxylic acids is 1. The monoisotopic (exact) mass is 158 g/mol. The van der Waals surface area contributed by atoms with Crippen LogP contribution in [0.2, 0.25) is 0 Å². The van der Waals surface area contributed by atoms with Gasteiger partial charge in [0.05, 0.1) is 12.0 Å². The van der Waals surface area contributed by atoms with Gasteiger partial charge in [0.1, 0.15) is 6.10 Å². The second kappa shape index (κ2) is 2.81. The summed E-state index contributed by atoms with van der Waals surface area (Å²) in [6, 6.07) is 0. The highest BCUT2D eigenvalue weighted by Gasteiger charge is 2.43. The van der Waals surface area contributed by atoms with Gasteiger partial charge in [-0.05, 0) is 13.3 Å². The molecule has 2 unspecified atom stereocenters. The lowest BCUT2D eigenvalue weighted by Crippen LogP contribution is -2.20. The van der Waals surface area contributed by atoms with Crippen LogP contribution in [0, 0.1) is 5.41 Å². The molecule has 0 bridgehead atoms. The van der Waals surface area contributed by atoms with E-state index >= 15 is 0 Å². The van der Waals surface area contributed by atoms with E-state index in [1.807, 2.05) is 13.8 Å². The van der Waals surface area contributed by atoms with Crippen LogP contribution in [0.4, 0.5) is 0 Å². The average molecular weight is 158 g/mol. The van der Waals surface area contributed by atoms with Crippen LogP contribution in [0.3, 0.4) is 0 Å². The Hall–Kier alpha value is -0.570. The zero-order chi connectivity index (χ0) is 8.48. The molecule has 0 spiro atoms. The molecule has 1 N–H and O–H groups in total. The minimum atomic E-state index is -0.354. The summed E-state index contributed by atoms with van der Waals surface area (Å²) in [4.78, 5) is 11.2. The van der Waals surface area contributed by atoms with Gasteiger partial charge in [-0.2, -0.15) is 0 Å². The van der Waals surface area contributed by atoms with E-state index in [-0.39, 0.29) is 24.1 Å². The molecule has 0 radical (unpaired) electrons. The van der Waals surface area contributed by atoms with Gasteiger partial charge in [0.2, 0.25) is 0 Å². The van der Waals surface area contributed by atoms with Crippen molar-refractivity contribution in [3.05, 3.63) is 0 Å². The lowest BCUT2D eigenvalue weighted by Gasteiger charge is -2.14. The Labute approximate surface area is 66.4 Å². The third kappa shape index (κ3) is 1.38. The number of ether oxygens (including phenoxy) is 1. The fourth-order valence-electron chi connectivity index (χ4n) is 1.31. The van der Waals surface area contributed by atoms with Crippen molar-refractivity contribution in [3.8, 4) is 0 Å². The van der Waals surface area contributed by atoms with Crippen molar-refractivity contribution in [1.82, 2.24) is 0 Å². The van der Waals surface area contributed by atoms with Gasteiger partial charge in [0.25, 0.3) is 0 Å². The predicted octanol–water partition coefficient (Wildman–Crippen LogP) is 0.710. The van der Waals surface area contributed by atoms with E-state index in [0.717, 1.165) is 6.42 Å². The maximum Gasteiger partial charge on any atom is 0.312 e. The molecule has 3 heteroatoms. The van der Waals surface area contributed by atoms with Gasteiger partial charge in [-0.3, -0.25) is 4.79 Å². The van der Waals surface area contributed by atoms with E-state index < -0.39 is 0 Å². The molecule has 0 saturated carbocycles. The zero-order valence-corrected chi connectivity index (χ0v) is 6.96. The first-order valence-electron chi connectivity index (χ1n) is 3.94. The molecule has 0 aromatic carbocycles. The number of esters is 1. The highest BCUT2D eigenvalue weighted by Crippen LogP contribution is 2.36. The molecule has 3 nitrogen and oxygen atoms in total. The largest absolute Gasteiger partial charge is 0.459 e. The lowest BCUT2D eigenvalue weighted by molar-refractivity contribution is -0.149. The Balaban J connectivity index is 2.65. The van der Waals surface area contributed by atoms with Gasteiger partial charge in [-0.25, -0.2) is 0 Å². The van der Waals surface area contributed by atoms with E-state index in [2.05, 4.69) is 0 Å². The Morgan fingerprint density at radius 3 is 2.73 bits per heavy atom. The first-order valence-corrected chi connectivity index (χ1v) is 3.94. The maximum atomic E-state index is 11.2. The molecule has 2 atom stereocenters. The van der Waals surface area contributed by atoms with Gasteiger partial charge in [-0.15, -0.1) is 0 Å². The summed E-state index contributed by atoms with van der Waals surface area (Å²) in [5, 5.41) is 8.73. The fourth-order valence-corrected chi connectivity index (χ4v) is 1.31. The number of aliphatic hydroxyl groups excluding tert-OH is 1. The van der Waals surface area contributed by atoms with E-state index in [0.29, 0.717) is 6.42 Å². The molecule has 0 aromatic rings. The standard InChI is InChI=1S/C8H14O3/c1-3-8(2)4-6(5-9)11-7(8)10/h6,9H,3-5H2,1-2H3. The highest BCUT2D eigenvalue weighted by atomic mass is 16.6. The fraction of sp³-hybridized carbons (Fsp3) is 0.875. The summed E-state index contributed by atoms with van der Waals surface area (Å²) in [5.41, 5.74) is -0.354. The number of rotatable bonds is 2. The topological polar surface area (TPSA) is 46.5 Å². The van der Waals surface area contributed by atoms with E-state index in [1.54, 1.807) is 0 Å². The SMILES string of the molecule is CCC1(C)CC(CO)OC1=O. The van der Waals surface area contributed by atoms with Crippen LogP contribution in [-0.4, -0.2) is 23.8 Å². The zero-order valence-electron chi connectivity index (χ0n) is 6.96. The molecule has 1 heterocycles. The smallest absolute Gasteiger partial charge is 0.312 e. The summed E-state index contributed by atoms with van der Waals surface area (Å²) >= 11 is 0. The molecule has 1 rings (SSSR count). The lowest BCUT2D eigenvalue weighted by atomic mass is 9.85. The van der Waals surface area contributed by atoms with Crippen LogP contribution >= 0.6 is 0 Å². The molecular weight excluding hydrogens is 144 g/mol. The molecular formula is C8H14O3. The summed E-state index contributed by atoms with van der Waals surface area (Å²) in [6.07, 6.45) is 1.16. The number of carbonyl (C=O) groups is 1. The van der Waals surface area contributed by atoms with Crippen molar-refractivity contribution in [2.45, 2.75) is 32.8 Å². The van der Waals surface area contributed by atoms with Crippen LogP contribution in [0.1, 0.15) is 26.7 Å². The van der Waals surface area contributed by atoms with Crippen molar-refractivity contribution < 1.29 is 14.6 Å². The van der Waals surface area contributed by atoms with Crippen LogP contribution in [0.5, 0.6) is 0 Å². The van der Waals surface area contributed by atoms with Crippen molar-refractivity contribution in [3.63, 3.8) is 0 Å². The van der Waals surface area contributed by atoms with Crippen LogP contribution in [0.15, 0.2) is 0 Å². The first-order chi connectivity index (χ1) is 5.12. The van der Waals surface area contributed by atoms with E-state index in [1.165, 1.54) is 0 Å². The quantitative estimate of drug-likeness (QED) is 0.602. The number of cyclic esters (lactones) is 1. The van der Waals surface area contributed by atoms with E-state index in [9.17, 15) is 4.79 Å². The van der Waals surface area contributed by atoms with Gasteiger partial charge >= 0.3 is 5.97 Å². The van der Waals surface area contributed by atoms with Crippen LogP contribution in [0.25, 0.3) is 0 Å². The van der Waals surface area contributed by atoms with Crippen molar-refractivity contribution in [1.29, 1.82) is 0 Å². The third-order valence-corrected chi connectivity index (χ3v) is 2.43. The maximum absolute atomic E-state index is 11.2. The second-order valence-electron chi connectivity index (χ2n) is 3.33. The predicted molar refractivity (Wildman–Crippen MR) is 40.0 cm³/mol. The van der Waals surface area contributed by atoms with Crippen LogP contribution < -0.4 is 0 Å². The summed E-state index contributed by atoms with van der Waals surface area (Å²) in [5.74, 6) is -0.168. The molecule has 0 amide bonds. The Morgan fingerprint density at radius 2 is 2.45 bits per heavy atom. The second-order valence-corrected chi connectivity index (χ2v) is 3.33. The minimum Gasteiger partial charge on any atom is -0.459 e. The van der Waals surface area contributed by atoms with Gasteiger partial charge in [0.15, 0.2) is 0 Å². The normalized spacial score (nSPS) is 37.4. The molecule has 0 aliphatic carbocycles. The molecule has 1 aliphatic rings. The Bertz CT molecular complexity index is 167. The third-order valence-electron chi connectivity index (χ3n) is 2.43. The summed E-state index contributed by atoms with van der Waals surface area (Å²) in [6.45, 7) is 3.79. The molecule has 1 fully saturated rings. The Kier molecular flexibility index (Phi) is 2.18. The number of aliphatic hydroxyl groups is 1.